The van der Waals surface area contributed by atoms with Crippen molar-refractivity contribution in [3.05, 3.63) is 77.9 Å². The summed E-state index contributed by atoms with van der Waals surface area (Å²) < 4.78 is 102. The number of fused-ring (bicyclic) bond motifs is 1. The zero-order valence-electron chi connectivity index (χ0n) is 20.4. The van der Waals surface area contributed by atoms with E-state index in [1.165, 1.54) is 30.3 Å². The zero-order valence-corrected chi connectivity index (χ0v) is 21.2. The van der Waals surface area contributed by atoms with Gasteiger partial charge >= 0.3 is 12.1 Å². The Morgan fingerprint density at radius 2 is 1.77 bits per heavy atom. The van der Waals surface area contributed by atoms with Gasteiger partial charge in [-0.1, -0.05) is 24.3 Å². The number of alkyl halides is 3. The average Bonchev–Trinajstić information content (AvgIpc) is 2.91. The Kier molecular flexibility index (Phi) is 8.00. The summed E-state index contributed by atoms with van der Waals surface area (Å²) in [4.78, 5) is 22.0. The quantitative estimate of drug-likeness (QED) is 0.375. The lowest BCUT2D eigenvalue weighted by molar-refractivity contribution is -0.138. The van der Waals surface area contributed by atoms with Crippen LogP contribution in [0.15, 0.2) is 65.6 Å². The number of carboxylic acids is 1. The number of carbonyl (C=O) groups excluding carboxylic acids is 1. The smallest absolute Gasteiger partial charge is 0.416 e. The third kappa shape index (κ3) is 6.17. The average molecular weight is 585 g/mol. The fourth-order valence-corrected chi connectivity index (χ4v) is 5.64. The van der Waals surface area contributed by atoms with E-state index in [2.05, 4.69) is 5.32 Å². The van der Waals surface area contributed by atoms with Gasteiger partial charge in [0.2, 0.25) is 5.91 Å². The number of hydrogen-bond donors (Lipinski definition) is 2. The Morgan fingerprint density at radius 3 is 2.48 bits per heavy atom. The Morgan fingerprint density at radius 1 is 1.05 bits per heavy atom. The first-order chi connectivity index (χ1) is 18.8. The third-order valence-electron chi connectivity index (χ3n) is 6.03. The van der Waals surface area contributed by atoms with Crippen LogP contribution >= 0.6 is 0 Å². The van der Waals surface area contributed by atoms with Crippen molar-refractivity contribution in [3.63, 3.8) is 0 Å². The van der Waals surface area contributed by atoms with Gasteiger partial charge in [0.05, 0.1) is 22.7 Å². The molecule has 0 fully saturated rings. The molecule has 14 heteroatoms. The molecule has 0 spiro atoms. The topological polar surface area (TPSA) is 113 Å². The maximum absolute atomic E-state index is 14.5. The number of carbonyl (C=O) groups is 2. The first kappa shape index (κ1) is 28.8. The minimum Gasteiger partial charge on any atom is -0.486 e. The SMILES string of the molecule is O=C(O)CNC(=O)CC[C@H]1CN(S(=O)(=O)c2cccc(C(F)(F)F)c2)c2cc(-c3cccc(F)c3F)ccc2O1. The van der Waals surface area contributed by atoms with Crippen molar-refractivity contribution < 1.29 is 49.8 Å². The molecule has 0 bridgehead atoms. The highest BCUT2D eigenvalue weighted by Gasteiger charge is 2.37. The minimum atomic E-state index is -4.82. The molecule has 1 aliphatic heterocycles. The van der Waals surface area contributed by atoms with Crippen molar-refractivity contribution in [1.29, 1.82) is 0 Å². The fourth-order valence-electron chi connectivity index (χ4n) is 4.10. The number of aliphatic carboxylic acids is 1. The van der Waals surface area contributed by atoms with Gasteiger partial charge in [-0.25, -0.2) is 17.2 Å². The molecule has 1 amide bonds. The summed E-state index contributed by atoms with van der Waals surface area (Å²) in [5, 5.41) is 10.9. The van der Waals surface area contributed by atoms with E-state index in [9.17, 15) is 40.0 Å². The summed E-state index contributed by atoms with van der Waals surface area (Å²) in [6.45, 7) is -1.06. The molecule has 40 heavy (non-hydrogen) atoms. The third-order valence-corrected chi connectivity index (χ3v) is 7.81. The van der Waals surface area contributed by atoms with E-state index < -0.39 is 69.4 Å². The number of ether oxygens (including phenoxy) is 1. The normalized spacial score (nSPS) is 15.2. The van der Waals surface area contributed by atoms with Gasteiger partial charge in [-0.05, 0) is 48.4 Å². The molecule has 0 radical (unpaired) electrons. The molecule has 0 aromatic heterocycles. The summed E-state index contributed by atoms with van der Waals surface area (Å²) in [5.74, 6) is -4.25. The van der Waals surface area contributed by atoms with Gasteiger partial charge in [0.15, 0.2) is 11.6 Å². The second-order valence-electron chi connectivity index (χ2n) is 8.79. The van der Waals surface area contributed by atoms with Crippen LogP contribution < -0.4 is 14.4 Å². The molecule has 212 valence electrons. The largest absolute Gasteiger partial charge is 0.486 e. The van der Waals surface area contributed by atoms with Gasteiger partial charge in [-0.15, -0.1) is 0 Å². The lowest BCUT2D eigenvalue weighted by atomic mass is 10.0. The number of carboxylic acid groups (broad SMARTS) is 1. The van der Waals surface area contributed by atoms with Gasteiger partial charge in [0.1, 0.15) is 18.4 Å². The summed E-state index contributed by atoms with van der Waals surface area (Å²) in [5.41, 5.74) is -1.43. The Bertz CT molecular complexity index is 1560. The van der Waals surface area contributed by atoms with Crippen molar-refractivity contribution in [2.75, 3.05) is 17.4 Å². The minimum absolute atomic E-state index is 0.0293. The maximum Gasteiger partial charge on any atom is 0.416 e. The van der Waals surface area contributed by atoms with E-state index in [1.807, 2.05) is 0 Å². The van der Waals surface area contributed by atoms with E-state index in [4.69, 9.17) is 9.84 Å². The predicted molar refractivity (Wildman–Crippen MR) is 132 cm³/mol. The fraction of sp³-hybridized carbons (Fsp3) is 0.231. The predicted octanol–water partition coefficient (Wildman–Crippen LogP) is 4.59. The Hall–Kier alpha value is -4.20. The molecule has 1 heterocycles. The molecule has 3 aromatic carbocycles. The van der Waals surface area contributed by atoms with Crippen LogP contribution in [0.5, 0.6) is 5.75 Å². The summed E-state index contributed by atoms with van der Waals surface area (Å²) >= 11 is 0. The van der Waals surface area contributed by atoms with Crippen LogP contribution in [0.25, 0.3) is 11.1 Å². The summed E-state index contributed by atoms with van der Waals surface area (Å²) in [6, 6.07) is 10.4. The number of rotatable bonds is 8. The molecule has 2 N–H and O–H groups in total. The number of nitrogens with one attached hydrogen (secondary N) is 1. The number of hydrogen-bond acceptors (Lipinski definition) is 5. The van der Waals surface area contributed by atoms with Crippen LogP contribution in [0, 0.1) is 11.6 Å². The van der Waals surface area contributed by atoms with E-state index in [1.54, 1.807) is 0 Å². The number of amides is 1. The van der Waals surface area contributed by atoms with Crippen molar-refractivity contribution in [1.82, 2.24) is 5.32 Å². The van der Waals surface area contributed by atoms with Crippen LogP contribution in [0.3, 0.4) is 0 Å². The van der Waals surface area contributed by atoms with Crippen LogP contribution in [0.2, 0.25) is 0 Å². The number of benzene rings is 3. The molecule has 1 atom stereocenters. The highest BCUT2D eigenvalue weighted by Crippen LogP contribution is 2.41. The lowest BCUT2D eigenvalue weighted by Crippen LogP contribution is -2.44. The zero-order chi connectivity index (χ0) is 29.2. The molecule has 0 saturated carbocycles. The molecule has 8 nitrogen and oxygen atoms in total. The number of anilines is 1. The van der Waals surface area contributed by atoms with Crippen LogP contribution in [0.4, 0.5) is 27.6 Å². The van der Waals surface area contributed by atoms with E-state index >= 15 is 0 Å². The van der Waals surface area contributed by atoms with Crippen LogP contribution in [-0.4, -0.2) is 44.6 Å². The lowest BCUT2D eigenvalue weighted by Gasteiger charge is -2.36. The van der Waals surface area contributed by atoms with Gasteiger partial charge in [-0.3, -0.25) is 13.9 Å². The second-order valence-corrected chi connectivity index (χ2v) is 10.7. The number of halogens is 5. The van der Waals surface area contributed by atoms with Crippen LogP contribution in [-0.2, 0) is 25.8 Å². The molecule has 3 aromatic rings. The molecule has 0 saturated heterocycles. The first-order valence-corrected chi connectivity index (χ1v) is 13.1. The Balaban J connectivity index is 1.74. The van der Waals surface area contributed by atoms with Crippen molar-refractivity contribution in [3.8, 4) is 16.9 Å². The first-order valence-electron chi connectivity index (χ1n) is 11.7. The molecular formula is C26H21F5N2O6S. The number of sulfonamides is 1. The van der Waals surface area contributed by atoms with Gasteiger partial charge in [0, 0.05) is 12.0 Å². The van der Waals surface area contributed by atoms with Gasteiger partial charge < -0.3 is 15.2 Å². The standard InChI is InChI=1S/C26H21F5N2O6S/c27-20-6-2-5-19(25(20)28)15-7-9-22-21(11-15)33(14-17(39-22)8-10-23(34)32-13-24(35)36)40(37,38)18-4-1-3-16(12-18)26(29,30)31/h1-7,9,11-12,17H,8,10,13-14H2,(H,32,34)(H,35,36)/t17-/m0/s1. The molecule has 1 aliphatic rings. The molecule has 4 rings (SSSR count). The molecule has 0 unspecified atom stereocenters. The van der Waals surface area contributed by atoms with Crippen molar-refractivity contribution in [2.24, 2.45) is 0 Å². The Labute approximate surface area is 225 Å². The van der Waals surface area contributed by atoms with E-state index in [0.29, 0.717) is 6.07 Å². The van der Waals surface area contributed by atoms with Gasteiger partial charge in [-0.2, -0.15) is 13.2 Å². The monoisotopic (exact) mass is 584 g/mol. The summed E-state index contributed by atoms with van der Waals surface area (Å²) in [7, 11) is -4.66. The van der Waals surface area contributed by atoms with Crippen molar-refractivity contribution >= 4 is 27.6 Å². The van der Waals surface area contributed by atoms with E-state index in [-0.39, 0.29) is 35.4 Å². The van der Waals surface area contributed by atoms with Gasteiger partial charge in [0.25, 0.3) is 10.0 Å². The molecule has 0 aliphatic carbocycles. The number of nitrogens with zero attached hydrogens (tertiary/aromatic N) is 1. The van der Waals surface area contributed by atoms with E-state index in [0.717, 1.165) is 28.6 Å². The van der Waals surface area contributed by atoms with Crippen molar-refractivity contribution in [2.45, 2.75) is 30.0 Å². The summed E-state index contributed by atoms with van der Waals surface area (Å²) in [6.07, 6.45) is -6.08. The highest BCUT2D eigenvalue weighted by molar-refractivity contribution is 7.92. The highest BCUT2D eigenvalue weighted by atomic mass is 32.2. The molecular weight excluding hydrogens is 563 g/mol. The maximum atomic E-state index is 14.5. The second kappa shape index (κ2) is 11.1. The van der Waals surface area contributed by atoms with Crippen LogP contribution in [0.1, 0.15) is 18.4 Å².